The van der Waals surface area contributed by atoms with Gasteiger partial charge in [0.15, 0.2) is 0 Å². The van der Waals surface area contributed by atoms with E-state index < -0.39 is 10.0 Å². The Balaban J connectivity index is 2.15. The van der Waals surface area contributed by atoms with Gasteiger partial charge in [0, 0.05) is 24.3 Å². The number of anilines is 1. The molecule has 1 aromatic rings. The Bertz CT molecular complexity index is 565. The number of rotatable bonds is 3. The van der Waals surface area contributed by atoms with Gasteiger partial charge < -0.3 is 9.64 Å². The van der Waals surface area contributed by atoms with Gasteiger partial charge in [-0.25, -0.2) is 8.42 Å². The molecule has 1 heterocycles. The average molecular weight is 284 g/mol. The number of sulfonamides is 1. The lowest BCUT2D eigenvalue weighted by Crippen LogP contribution is -2.40. The van der Waals surface area contributed by atoms with Gasteiger partial charge in [0.25, 0.3) is 5.91 Å². The maximum Gasteiger partial charge on any atom is 0.254 e. The largest absolute Gasteiger partial charge is 0.378 e. The monoisotopic (exact) mass is 284 g/mol. The molecule has 1 aromatic carbocycles. The zero-order chi connectivity index (χ0) is 13.9. The van der Waals surface area contributed by atoms with Crippen molar-refractivity contribution in [3.63, 3.8) is 0 Å². The van der Waals surface area contributed by atoms with Crippen LogP contribution in [0.1, 0.15) is 10.4 Å². The summed E-state index contributed by atoms with van der Waals surface area (Å²) in [5.41, 5.74) is 0.858. The van der Waals surface area contributed by atoms with Gasteiger partial charge in [-0.15, -0.1) is 0 Å². The quantitative estimate of drug-likeness (QED) is 0.878. The number of benzene rings is 1. The fourth-order valence-electron chi connectivity index (χ4n) is 1.88. The van der Waals surface area contributed by atoms with E-state index in [9.17, 15) is 13.2 Å². The van der Waals surface area contributed by atoms with E-state index in [1.54, 1.807) is 29.2 Å². The van der Waals surface area contributed by atoms with Crippen molar-refractivity contribution in [2.75, 3.05) is 37.3 Å². The van der Waals surface area contributed by atoms with Crippen LogP contribution < -0.4 is 4.72 Å². The lowest BCUT2D eigenvalue weighted by molar-refractivity contribution is 0.0303. The van der Waals surface area contributed by atoms with E-state index in [4.69, 9.17) is 4.74 Å². The van der Waals surface area contributed by atoms with E-state index in [2.05, 4.69) is 4.72 Å². The fourth-order valence-corrected chi connectivity index (χ4v) is 2.43. The van der Waals surface area contributed by atoms with E-state index in [-0.39, 0.29) is 5.91 Å². The number of morpholine rings is 1. The summed E-state index contributed by atoms with van der Waals surface area (Å²) < 4.78 is 29.9. The van der Waals surface area contributed by atoms with Crippen LogP contribution in [-0.2, 0) is 14.8 Å². The molecule has 0 radical (unpaired) electrons. The molecule has 7 heteroatoms. The van der Waals surface area contributed by atoms with Crippen LogP contribution in [0, 0.1) is 0 Å². The fraction of sp³-hybridized carbons (Fsp3) is 0.417. The first-order chi connectivity index (χ1) is 8.96. The van der Waals surface area contributed by atoms with Crippen LogP contribution in [0.15, 0.2) is 24.3 Å². The zero-order valence-corrected chi connectivity index (χ0v) is 11.4. The van der Waals surface area contributed by atoms with Crippen LogP contribution in [0.4, 0.5) is 5.69 Å². The zero-order valence-electron chi connectivity index (χ0n) is 10.6. The van der Waals surface area contributed by atoms with Crippen molar-refractivity contribution in [2.24, 2.45) is 0 Å². The summed E-state index contributed by atoms with van der Waals surface area (Å²) in [7, 11) is -3.34. The first-order valence-electron chi connectivity index (χ1n) is 5.90. The molecule has 1 amide bonds. The van der Waals surface area contributed by atoms with Crippen molar-refractivity contribution < 1.29 is 17.9 Å². The summed E-state index contributed by atoms with van der Waals surface area (Å²) in [5.74, 6) is -0.111. The number of hydrogen-bond acceptors (Lipinski definition) is 4. The summed E-state index contributed by atoms with van der Waals surface area (Å²) in [5, 5.41) is 0. The highest BCUT2D eigenvalue weighted by Crippen LogP contribution is 2.14. The van der Waals surface area contributed by atoms with E-state index in [0.717, 1.165) is 6.26 Å². The summed E-state index contributed by atoms with van der Waals surface area (Å²) >= 11 is 0. The van der Waals surface area contributed by atoms with Crippen molar-refractivity contribution in [1.82, 2.24) is 4.90 Å². The van der Waals surface area contributed by atoms with Gasteiger partial charge in [-0.1, -0.05) is 6.07 Å². The maximum atomic E-state index is 12.2. The molecule has 0 spiro atoms. The van der Waals surface area contributed by atoms with Gasteiger partial charge in [0.1, 0.15) is 0 Å². The molecular formula is C12H16N2O4S. The number of nitrogens with zero attached hydrogens (tertiary/aromatic N) is 1. The number of hydrogen-bond donors (Lipinski definition) is 1. The van der Waals surface area contributed by atoms with Gasteiger partial charge in [-0.2, -0.15) is 0 Å². The Morgan fingerprint density at radius 1 is 1.32 bits per heavy atom. The third-order valence-electron chi connectivity index (χ3n) is 2.71. The van der Waals surface area contributed by atoms with Gasteiger partial charge >= 0.3 is 0 Å². The van der Waals surface area contributed by atoms with E-state index in [1.165, 1.54) is 0 Å². The normalized spacial score (nSPS) is 16.2. The lowest BCUT2D eigenvalue weighted by atomic mass is 10.1. The second kappa shape index (κ2) is 5.58. The first-order valence-corrected chi connectivity index (χ1v) is 7.80. The highest BCUT2D eigenvalue weighted by Gasteiger charge is 2.18. The van der Waals surface area contributed by atoms with Crippen LogP contribution >= 0.6 is 0 Å². The Hall–Kier alpha value is -1.60. The molecular weight excluding hydrogens is 268 g/mol. The van der Waals surface area contributed by atoms with Crippen LogP contribution in [0.2, 0.25) is 0 Å². The smallest absolute Gasteiger partial charge is 0.254 e. The highest BCUT2D eigenvalue weighted by atomic mass is 32.2. The number of carbonyl (C=O) groups is 1. The maximum absolute atomic E-state index is 12.2. The standard InChI is InChI=1S/C12H16N2O4S/c1-19(16,17)13-11-4-2-3-10(9-11)12(15)14-5-7-18-8-6-14/h2-4,9,13H,5-8H2,1H3. The van der Waals surface area contributed by atoms with E-state index in [1.807, 2.05) is 0 Å². The van der Waals surface area contributed by atoms with E-state index in [0.29, 0.717) is 37.6 Å². The van der Waals surface area contributed by atoms with Crippen molar-refractivity contribution in [2.45, 2.75) is 0 Å². The van der Waals surface area contributed by atoms with Crippen molar-refractivity contribution in [3.05, 3.63) is 29.8 Å². The second-order valence-electron chi connectivity index (χ2n) is 4.36. The highest BCUT2D eigenvalue weighted by molar-refractivity contribution is 7.92. The van der Waals surface area contributed by atoms with Gasteiger partial charge in [0.2, 0.25) is 10.0 Å². The number of carbonyl (C=O) groups excluding carboxylic acids is 1. The minimum Gasteiger partial charge on any atom is -0.378 e. The third kappa shape index (κ3) is 3.93. The van der Waals surface area contributed by atoms with Gasteiger partial charge in [0.05, 0.1) is 19.5 Å². The first kappa shape index (κ1) is 13.8. The molecule has 0 aromatic heterocycles. The molecule has 19 heavy (non-hydrogen) atoms. The van der Waals surface area contributed by atoms with Gasteiger partial charge in [-0.3, -0.25) is 9.52 Å². The van der Waals surface area contributed by atoms with Gasteiger partial charge in [-0.05, 0) is 18.2 Å². The van der Waals surface area contributed by atoms with Crippen LogP contribution in [0.3, 0.4) is 0 Å². The topological polar surface area (TPSA) is 75.7 Å². The summed E-state index contributed by atoms with van der Waals surface area (Å²) in [6, 6.07) is 6.47. The Labute approximate surface area is 112 Å². The minimum absolute atomic E-state index is 0.111. The molecule has 1 aliphatic heterocycles. The molecule has 6 nitrogen and oxygen atoms in total. The molecule has 0 aliphatic carbocycles. The molecule has 104 valence electrons. The lowest BCUT2D eigenvalue weighted by Gasteiger charge is -2.27. The minimum atomic E-state index is -3.34. The third-order valence-corrected chi connectivity index (χ3v) is 3.32. The van der Waals surface area contributed by atoms with Crippen LogP contribution in [-0.4, -0.2) is 51.8 Å². The molecule has 0 saturated carbocycles. The predicted octanol–water partition coefficient (Wildman–Crippen LogP) is 0.530. The molecule has 0 unspecified atom stereocenters. The molecule has 0 atom stereocenters. The van der Waals surface area contributed by atoms with Crippen molar-refractivity contribution in [3.8, 4) is 0 Å². The number of amides is 1. The Kier molecular flexibility index (Phi) is 4.06. The number of ether oxygens (including phenoxy) is 1. The summed E-state index contributed by atoms with van der Waals surface area (Å²) in [6.45, 7) is 2.19. The Morgan fingerprint density at radius 3 is 2.63 bits per heavy atom. The Morgan fingerprint density at radius 2 is 2.00 bits per heavy atom. The number of nitrogens with one attached hydrogen (secondary N) is 1. The molecule has 1 saturated heterocycles. The molecule has 2 rings (SSSR count). The van der Waals surface area contributed by atoms with Crippen LogP contribution in [0.25, 0.3) is 0 Å². The molecule has 1 N–H and O–H groups in total. The molecule has 1 fully saturated rings. The predicted molar refractivity (Wildman–Crippen MR) is 71.6 cm³/mol. The average Bonchev–Trinajstić information content (AvgIpc) is 2.37. The SMILES string of the molecule is CS(=O)(=O)Nc1cccc(C(=O)N2CCOCC2)c1. The summed E-state index contributed by atoms with van der Waals surface area (Å²) in [4.78, 5) is 13.9. The van der Waals surface area contributed by atoms with Crippen molar-refractivity contribution >= 4 is 21.6 Å². The summed E-state index contributed by atoms with van der Waals surface area (Å²) in [6.07, 6.45) is 1.07. The van der Waals surface area contributed by atoms with Crippen LogP contribution in [0.5, 0.6) is 0 Å². The van der Waals surface area contributed by atoms with E-state index >= 15 is 0 Å². The molecule has 0 bridgehead atoms. The second-order valence-corrected chi connectivity index (χ2v) is 6.11. The molecule has 1 aliphatic rings. The van der Waals surface area contributed by atoms with Crippen molar-refractivity contribution in [1.29, 1.82) is 0 Å².